The maximum absolute atomic E-state index is 9.52. The number of hydrogen-bond acceptors (Lipinski definition) is 5. The highest BCUT2D eigenvalue weighted by Crippen LogP contribution is 2.42. The Bertz CT molecular complexity index is 749. The van der Waals surface area contributed by atoms with Gasteiger partial charge in [0.05, 0.1) is 14.2 Å². The number of ether oxygens (including phenoxy) is 2. The second-order valence-corrected chi connectivity index (χ2v) is 4.82. The molecule has 0 bridgehead atoms. The van der Waals surface area contributed by atoms with E-state index >= 15 is 0 Å². The SMILES string of the molecule is CCc1c(C)nc(N)c(C#N)c1-c1cccc(OC)c1OC. The highest BCUT2D eigenvalue weighted by molar-refractivity contribution is 5.84. The van der Waals surface area contributed by atoms with Crippen LogP contribution in [-0.4, -0.2) is 19.2 Å². The van der Waals surface area contributed by atoms with Gasteiger partial charge in [-0.05, 0) is 25.0 Å². The Morgan fingerprint density at radius 3 is 2.55 bits per heavy atom. The molecule has 0 saturated carbocycles. The van der Waals surface area contributed by atoms with E-state index in [1.165, 1.54) is 0 Å². The number of nitriles is 1. The average Bonchev–Trinajstić information content (AvgIpc) is 2.53. The van der Waals surface area contributed by atoms with Crippen LogP contribution >= 0.6 is 0 Å². The second-order valence-electron chi connectivity index (χ2n) is 4.82. The van der Waals surface area contributed by atoms with Crippen molar-refractivity contribution in [3.63, 3.8) is 0 Å². The third-order valence-electron chi connectivity index (χ3n) is 3.67. The van der Waals surface area contributed by atoms with Gasteiger partial charge in [0.15, 0.2) is 11.5 Å². The number of pyridine rings is 1. The summed E-state index contributed by atoms with van der Waals surface area (Å²) in [7, 11) is 3.16. The Labute approximate surface area is 130 Å². The highest BCUT2D eigenvalue weighted by Gasteiger charge is 2.21. The minimum absolute atomic E-state index is 0.233. The quantitative estimate of drug-likeness (QED) is 0.937. The first kappa shape index (κ1) is 15.6. The van der Waals surface area contributed by atoms with Crippen molar-refractivity contribution >= 4 is 5.82 Å². The fraction of sp³-hybridized carbons (Fsp3) is 0.294. The van der Waals surface area contributed by atoms with Gasteiger partial charge in [-0.2, -0.15) is 5.26 Å². The predicted octanol–water partition coefficient (Wildman–Crippen LogP) is 3.09. The number of nitrogens with zero attached hydrogens (tertiary/aromatic N) is 2. The molecule has 0 spiro atoms. The lowest BCUT2D eigenvalue weighted by Gasteiger charge is -2.18. The van der Waals surface area contributed by atoms with Crippen LogP contribution < -0.4 is 15.2 Å². The normalized spacial score (nSPS) is 10.1. The van der Waals surface area contributed by atoms with Gasteiger partial charge in [-0.25, -0.2) is 4.98 Å². The second kappa shape index (κ2) is 6.35. The minimum Gasteiger partial charge on any atom is -0.493 e. The molecule has 1 heterocycles. The molecule has 0 aliphatic heterocycles. The lowest BCUT2D eigenvalue weighted by atomic mass is 9.92. The largest absolute Gasteiger partial charge is 0.493 e. The van der Waals surface area contributed by atoms with Crippen molar-refractivity contribution in [2.75, 3.05) is 20.0 Å². The van der Waals surface area contributed by atoms with E-state index in [9.17, 15) is 5.26 Å². The van der Waals surface area contributed by atoms with Crippen molar-refractivity contribution in [3.05, 3.63) is 35.0 Å². The molecule has 0 aliphatic rings. The molecule has 5 nitrogen and oxygen atoms in total. The molecular weight excluding hydrogens is 278 g/mol. The molecule has 1 aromatic heterocycles. The molecule has 0 radical (unpaired) electrons. The number of methoxy groups -OCH3 is 2. The van der Waals surface area contributed by atoms with E-state index in [-0.39, 0.29) is 5.82 Å². The van der Waals surface area contributed by atoms with Gasteiger partial charge >= 0.3 is 0 Å². The van der Waals surface area contributed by atoms with Gasteiger partial charge in [-0.1, -0.05) is 19.1 Å². The van der Waals surface area contributed by atoms with Crippen LogP contribution in [0.15, 0.2) is 18.2 Å². The maximum Gasteiger partial charge on any atom is 0.168 e. The van der Waals surface area contributed by atoms with Crippen LogP contribution in [0.3, 0.4) is 0 Å². The first-order valence-electron chi connectivity index (χ1n) is 6.99. The monoisotopic (exact) mass is 297 g/mol. The van der Waals surface area contributed by atoms with Crippen molar-refractivity contribution in [1.82, 2.24) is 4.98 Å². The summed E-state index contributed by atoms with van der Waals surface area (Å²) in [4.78, 5) is 4.28. The van der Waals surface area contributed by atoms with E-state index in [1.54, 1.807) is 14.2 Å². The number of benzene rings is 1. The Hall–Kier alpha value is -2.74. The van der Waals surface area contributed by atoms with Crippen LogP contribution in [0.1, 0.15) is 23.7 Å². The molecule has 5 heteroatoms. The van der Waals surface area contributed by atoms with E-state index in [2.05, 4.69) is 11.1 Å². The molecule has 0 unspecified atom stereocenters. The molecule has 0 amide bonds. The third-order valence-corrected chi connectivity index (χ3v) is 3.67. The zero-order valence-electron chi connectivity index (χ0n) is 13.2. The van der Waals surface area contributed by atoms with Gasteiger partial charge < -0.3 is 15.2 Å². The number of aromatic nitrogens is 1. The van der Waals surface area contributed by atoms with Crippen LogP contribution in [0.5, 0.6) is 11.5 Å². The van der Waals surface area contributed by atoms with Crippen molar-refractivity contribution < 1.29 is 9.47 Å². The molecule has 22 heavy (non-hydrogen) atoms. The number of anilines is 1. The van der Waals surface area contributed by atoms with E-state index in [0.717, 1.165) is 28.8 Å². The number of hydrogen-bond donors (Lipinski definition) is 1. The molecular formula is C17H19N3O2. The van der Waals surface area contributed by atoms with Gasteiger partial charge in [-0.15, -0.1) is 0 Å². The van der Waals surface area contributed by atoms with Crippen molar-refractivity contribution in [3.8, 4) is 28.7 Å². The zero-order chi connectivity index (χ0) is 16.3. The summed E-state index contributed by atoms with van der Waals surface area (Å²) in [5.74, 6) is 1.43. The number of rotatable bonds is 4. The minimum atomic E-state index is 0.233. The number of nitrogens with two attached hydrogens (primary N) is 1. The maximum atomic E-state index is 9.52. The first-order valence-corrected chi connectivity index (χ1v) is 6.99. The number of para-hydroxylation sites is 1. The van der Waals surface area contributed by atoms with Crippen molar-refractivity contribution in [2.45, 2.75) is 20.3 Å². The Balaban J connectivity index is 2.91. The van der Waals surface area contributed by atoms with Gasteiger partial charge in [0.1, 0.15) is 17.5 Å². The van der Waals surface area contributed by atoms with Crippen molar-refractivity contribution in [2.24, 2.45) is 0 Å². The van der Waals surface area contributed by atoms with Crippen LogP contribution in [0.25, 0.3) is 11.1 Å². The summed E-state index contributed by atoms with van der Waals surface area (Å²) >= 11 is 0. The Morgan fingerprint density at radius 1 is 1.27 bits per heavy atom. The average molecular weight is 297 g/mol. The van der Waals surface area contributed by atoms with Crippen LogP contribution in [-0.2, 0) is 6.42 Å². The zero-order valence-corrected chi connectivity index (χ0v) is 13.2. The van der Waals surface area contributed by atoms with Crippen molar-refractivity contribution in [1.29, 1.82) is 5.26 Å². The summed E-state index contributed by atoms with van der Waals surface area (Å²) < 4.78 is 10.9. The third kappa shape index (κ3) is 2.44. The van der Waals surface area contributed by atoms with E-state index in [0.29, 0.717) is 17.1 Å². The summed E-state index contributed by atoms with van der Waals surface area (Å²) in [6.07, 6.45) is 0.740. The number of nitrogen functional groups attached to an aromatic ring is 1. The van der Waals surface area contributed by atoms with E-state index in [4.69, 9.17) is 15.2 Å². The smallest absolute Gasteiger partial charge is 0.168 e. The fourth-order valence-corrected chi connectivity index (χ4v) is 2.69. The lowest BCUT2D eigenvalue weighted by Crippen LogP contribution is -2.06. The molecule has 0 fully saturated rings. The van der Waals surface area contributed by atoms with E-state index < -0.39 is 0 Å². The Morgan fingerprint density at radius 2 is 2.00 bits per heavy atom. The van der Waals surface area contributed by atoms with Gasteiger partial charge in [0.2, 0.25) is 0 Å². The standard InChI is InChI=1S/C17H19N3O2/c1-5-11-10(2)20-17(19)13(9-18)15(11)12-7-6-8-14(21-3)16(12)22-4/h6-8H,5H2,1-4H3,(H2,19,20). The fourth-order valence-electron chi connectivity index (χ4n) is 2.69. The van der Waals surface area contributed by atoms with E-state index in [1.807, 2.05) is 32.0 Å². The van der Waals surface area contributed by atoms with Gasteiger partial charge in [0.25, 0.3) is 0 Å². The van der Waals surface area contributed by atoms with Gasteiger partial charge in [-0.3, -0.25) is 0 Å². The molecule has 0 atom stereocenters. The highest BCUT2D eigenvalue weighted by atomic mass is 16.5. The molecule has 114 valence electrons. The lowest BCUT2D eigenvalue weighted by molar-refractivity contribution is 0.356. The summed E-state index contributed by atoms with van der Waals surface area (Å²) in [5.41, 5.74) is 9.68. The Kier molecular flexibility index (Phi) is 4.52. The van der Waals surface area contributed by atoms with Crippen LogP contribution in [0, 0.1) is 18.3 Å². The summed E-state index contributed by atoms with van der Waals surface area (Å²) in [6, 6.07) is 7.75. The van der Waals surface area contributed by atoms with Crippen LogP contribution in [0.4, 0.5) is 5.82 Å². The van der Waals surface area contributed by atoms with Gasteiger partial charge in [0, 0.05) is 16.8 Å². The van der Waals surface area contributed by atoms with Crippen LogP contribution in [0.2, 0.25) is 0 Å². The summed E-state index contributed by atoms with van der Waals surface area (Å²) in [6.45, 7) is 3.92. The summed E-state index contributed by atoms with van der Waals surface area (Å²) in [5, 5.41) is 9.52. The molecule has 0 aliphatic carbocycles. The molecule has 0 saturated heterocycles. The molecule has 2 N–H and O–H groups in total. The molecule has 2 aromatic rings. The topological polar surface area (TPSA) is 81.2 Å². The first-order chi connectivity index (χ1) is 10.6. The molecule has 1 aromatic carbocycles. The predicted molar refractivity (Wildman–Crippen MR) is 86.0 cm³/mol. The number of aryl methyl sites for hydroxylation is 1. The molecule has 2 rings (SSSR count).